The second-order valence-corrected chi connectivity index (χ2v) is 7.49. The fourth-order valence-electron chi connectivity index (χ4n) is 2.62. The van der Waals surface area contributed by atoms with Gasteiger partial charge >= 0.3 is 0 Å². The van der Waals surface area contributed by atoms with Gasteiger partial charge < -0.3 is 10.0 Å². The van der Waals surface area contributed by atoms with Crippen LogP contribution >= 0.6 is 31.9 Å². The van der Waals surface area contributed by atoms with Crippen LogP contribution in [0.4, 0.5) is 5.69 Å². The highest BCUT2D eigenvalue weighted by Crippen LogP contribution is 2.30. The molecule has 2 aromatic rings. The van der Waals surface area contributed by atoms with E-state index in [1.54, 1.807) is 41.3 Å². The number of anilines is 1. The molecule has 0 spiro atoms. The van der Waals surface area contributed by atoms with E-state index >= 15 is 0 Å². The van der Waals surface area contributed by atoms with Gasteiger partial charge in [0, 0.05) is 34.3 Å². The molecule has 8 heteroatoms. The van der Waals surface area contributed by atoms with Gasteiger partial charge in [-0.2, -0.15) is 5.10 Å². The van der Waals surface area contributed by atoms with Gasteiger partial charge in [0.05, 0.1) is 10.7 Å². The van der Waals surface area contributed by atoms with Crippen LogP contribution < -0.4 is 10.3 Å². The lowest BCUT2D eigenvalue weighted by Crippen LogP contribution is -2.24. The van der Waals surface area contributed by atoms with Crippen LogP contribution in [0.2, 0.25) is 0 Å². The number of nitrogens with one attached hydrogen (secondary N) is 1. The number of carbonyl (C=O) groups excluding carboxylic acids is 2. The third-order valence-electron chi connectivity index (χ3n) is 3.94. The fourth-order valence-corrected chi connectivity index (χ4v) is 3.88. The summed E-state index contributed by atoms with van der Waals surface area (Å²) in [5, 5.41) is 13.8. The largest absolute Gasteiger partial charge is 0.506 e. The molecule has 1 aliphatic rings. The van der Waals surface area contributed by atoms with Crippen molar-refractivity contribution in [1.82, 2.24) is 5.43 Å². The number of hydrazone groups is 1. The summed E-state index contributed by atoms with van der Waals surface area (Å²) in [5.41, 5.74) is 4.09. The molecular formula is C18H15Br2N3O3. The Hall–Kier alpha value is -2.19. The van der Waals surface area contributed by atoms with Gasteiger partial charge in [0.2, 0.25) is 5.91 Å². The Morgan fingerprint density at radius 1 is 1.23 bits per heavy atom. The number of phenols is 1. The molecule has 1 saturated heterocycles. The van der Waals surface area contributed by atoms with Crippen molar-refractivity contribution in [3.8, 4) is 5.75 Å². The zero-order chi connectivity index (χ0) is 18.7. The van der Waals surface area contributed by atoms with Gasteiger partial charge in [-0.25, -0.2) is 5.43 Å². The van der Waals surface area contributed by atoms with Crippen LogP contribution in [-0.2, 0) is 4.79 Å². The maximum Gasteiger partial charge on any atom is 0.271 e. The van der Waals surface area contributed by atoms with Crippen molar-refractivity contribution in [1.29, 1.82) is 0 Å². The predicted octanol–water partition coefficient (Wildman–Crippen LogP) is 3.81. The van der Waals surface area contributed by atoms with Crippen molar-refractivity contribution >= 4 is 55.6 Å². The Labute approximate surface area is 167 Å². The second-order valence-electron chi connectivity index (χ2n) is 5.72. The lowest BCUT2D eigenvalue weighted by molar-refractivity contribution is -0.117. The van der Waals surface area contributed by atoms with Gasteiger partial charge in [-0.15, -0.1) is 0 Å². The fraction of sp³-hybridized carbons (Fsp3) is 0.167. The first-order valence-corrected chi connectivity index (χ1v) is 9.46. The minimum absolute atomic E-state index is 0.0332. The maximum absolute atomic E-state index is 12.2. The number of nitrogens with zero attached hydrogens (tertiary/aromatic N) is 2. The van der Waals surface area contributed by atoms with Crippen LogP contribution in [0.1, 0.15) is 28.8 Å². The van der Waals surface area contributed by atoms with Gasteiger partial charge in [-0.1, -0.05) is 15.9 Å². The molecule has 0 unspecified atom stereocenters. The predicted molar refractivity (Wildman–Crippen MR) is 107 cm³/mol. The van der Waals surface area contributed by atoms with Gasteiger partial charge in [-0.05, 0) is 58.7 Å². The Morgan fingerprint density at radius 2 is 1.96 bits per heavy atom. The van der Waals surface area contributed by atoms with E-state index in [1.165, 1.54) is 6.21 Å². The minimum atomic E-state index is -0.380. The number of halogens is 2. The van der Waals surface area contributed by atoms with E-state index in [0.717, 1.165) is 16.6 Å². The van der Waals surface area contributed by atoms with E-state index in [-0.39, 0.29) is 17.6 Å². The number of aromatic hydroxyl groups is 1. The molecule has 0 saturated carbocycles. The summed E-state index contributed by atoms with van der Waals surface area (Å²) < 4.78 is 1.29. The summed E-state index contributed by atoms with van der Waals surface area (Å²) in [7, 11) is 0. The molecule has 0 radical (unpaired) electrons. The molecule has 3 rings (SSSR count). The Balaban J connectivity index is 1.66. The number of phenolic OH excluding ortho intramolecular Hbond substituents is 1. The highest BCUT2D eigenvalue weighted by Gasteiger charge is 2.21. The summed E-state index contributed by atoms with van der Waals surface area (Å²) in [6.45, 7) is 0.709. The number of amides is 2. The van der Waals surface area contributed by atoms with E-state index < -0.39 is 0 Å². The summed E-state index contributed by atoms with van der Waals surface area (Å²) >= 11 is 6.56. The molecule has 0 aliphatic carbocycles. The third kappa shape index (κ3) is 4.13. The molecule has 2 N–H and O–H groups in total. The summed E-state index contributed by atoms with van der Waals surface area (Å²) in [4.78, 5) is 25.6. The minimum Gasteiger partial charge on any atom is -0.506 e. The van der Waals surface area contributed by atoms with E-state index in [2.05, 4.69) is 42.4 Å². The van der Waals surface area contributed by atoms with Crippen LogP contribution in [0.5, 0.6) is 5.75 Å². The first-order chi connectivity index (χ1) is 12.5. The molecule has 6 nitrogen and oxygen atoms in total. The average molecular weight is 481 g/mol. The first kappa shape index (κ1) is 18.6. The van der Waals surface area contributed by atoms with Crippen molar-refractivity contribution in [3.05, 3.63) is 56.5 Å². The lowest BCUT2D eigenvalue weighted by Gasteiger charge is -2.15. The zero-order valence-corrected chi connectivity index (χ0v) is 16.7. The van der Waals surface area contributed by atoms with Crippen molar-refractivity contribution in [2.45, 2.75) is 12.8 Å². The molecule has 0 aromatic heterocycles. The van der Waals surface area contributed by atoms with E-state index in [4.69, 9.17) is 0 Å². The van der Waals surface area contributed by atoms with Gasteiger partial charge in [-0.3, -0.25) is 9.59 Å². The highest BCUT2D eigenvalue weighted by molar-refractivity contribution is 9.11. The molecule has 2 amide bonds. The summed E-state index contributed by atoms with van der Waals surface area (Å²) in [6, 6.07) is 10.2. The molecule has 2 aromatic carbocycles. The van der Waals surface area contributed by atoms with Crippen molar-refractivity contribution < 1.29 is 14.7 Å². The standard InChI is InChI=1S/C18H15Br2N3O3/c19-13-8-12(17(25)15(20)9-13)10-21-22-18(26)11-3-5-14(6-4-11)23-7-1-2-16(23)24/h3-6,8-10,25H,1-2,7H2,(H,22,26). The number of hydrogen-bond donors (Lipinski definition) is 2. The van der Waals surface area contributed by atoms with Crippen LogP contribution in [0, 0.1) is 0 Å². The highest BCUT2D eigenvalue weighted by atomic mass is 79.9. The molecule has 1 heterocycles. The first-order valence-electron chi connectivity index (χ1n) is 7.87. The van der Waals surface area contributed by atoms with Crippen LogP contribution in [0.3, 0.4) is 0 Å². The van der Waals surface area contributed by atoms with Crippen LogP contribution in [0.25, 0.3) is 0 Å². The normalized spacial score (nSPS) is 14.2. The number of benzene rings is 2. The van der Waals surface area contributed by atoms with E-state index in [0.29, 0.717) is 28.6 Å². The third-order valence-corrected chi connectivity index (χ3v) is 5.00. The van der Waals surface area contributed by atoms with Crippen molar-refractivity contribution in [2.24, 2.45) is 5.10 Å². The monoisotopic (exact) mass is 479 g/mol. The van der Waals surface area contributed by atoms with E-state index in [1.807, 2.05) is 0 Å². The van der Waals surface area contributed by atoms with Crippen LogP contribution in [0.15, 0.2) is 50.4 Å². The molecule has 0 bridgehead atoms. The van der Waals surface area contributed by atoms with E-state index in [9.17, 15) is 14.7 Å². The smallest absolute Gasteiger partial charge is 0.271 e. The van der Waals surface area contributed by atoms with Gasteiger partial charge in [0.1, 0.15) is 5.75 Å². The number of carbonyl (C=O) groups is 2. The molecule has 1 fully saturated rings. The zero-order valence-electron chi connectivity index (χ0n) is 13.6. The van der Waals surface area contributed by atoms with Crippen molar-refractivity contribution in [3.63, 3.8) is 0 Å². The van der Waals surface area contributed by atoms with Crippen molar-refractivity contribution in [2.75, 3.05) is 11.4 Å². The maximum atomic E-state index is 12.2. The van der Waals surface area contributed by atoms with Gasteiger partial charge in [0.25, 0.3) is 5.91 Å². The molecule has 134 valence electrons. The molecule has 0 atom stereocenters. The molecule has 1 aliphatic heterocycles. The number of hydrogen-bond acceptors (Lipinski definition) is 4. The molecular weight excluding hydrogens is 466 g/mol. The SMILES string of the molecule is O=C(NN=Cc1cc(Br)cc(Br)c1O)c1ccc(N2CCCC2=O)cc1. The molecule has 26 heavy (non-hydrogen) atoms. The Kier molecular flexibility index (Phi) is 5.73. The average Bonchev–Trinajstić information content (AvgIpc) is 3.05. The second kappa shape index (κ2) is 8.01. The number of rotatable bonds is 4. The van der Waals surface area contributed by atoms with Crippen LogP contribution in [-0.4, -0.2) is 29.7 Å². The summed E-state index contributed by atoms with van der Waals surface area (Å²) in [5.74, 6) is -0.244. The Bertz CT molecular complexity index is 882. The summed E-state index contributed by atoms with van der Waals surface area (Å²) in [6.07, 6.45) is 2.78. The Morgan fingerprint density at radius 3 is 2.62 bits per heavy atom. The van der Waals surface area contributed by atoms with Gasteiger partial charge in [0.15, 0.2) is 0 Å². The quantitative estimate of drug-likeness (QED) is 0.515. The lowest BCUT2D eigenvalue weighted by atomic mass is 10.2. The topological polar surface area (TPSA) is 82.0 Å².